The molecule has 94 valence electrons. The van der Waals surface area contributed by atoms with Gasteiger partial charge in [0.25, 0.3) is 0 Å². The Hall–Kier alpha value is -0.0800. The normalized spacial score (nSPS) is 27.4. The maximum absolute atomic E-state index is 3.74. The predicted molar refractivity (Wildman–Crippen MR) is 69.8 cm³/mol. The summed E-state index contributed by atoms with van der Waals surface area (Å²) in [7, 11) is 0. The van der Waals surface area contributed by atoms with Gasteiger partial charge in [0.15, 0.2) is 0 Å². The second kappa shape index (κ2) is 5.50. The first kappa shape index (κ1) is 12.4. The van der Waals surface area contributed by atoms with Gasteiger partial charge in [-0.2, -0.15) is 0 Å². The zero-order valence-electron chi connectivity index (χ0n) is 11.1. The van der Waals surface area contributed by atoms with Crippen molar-refractivity contribution in [1.29, 1.82) is 0 Å². The van der Waals surface area contributed by atoms with Crippen molar-refractivity contribution < 1.29 is 0 Å². The minimum atomic E-state index is 0.453. The molecule has 2 heteroatoms. The van der Waals surface area contributed by atoms with Crippen LogP contribution in [0.3, 0.4) is 0 Å². The maximum atomic E-state index is 3.74. The van der Waals surface area contributed by atoms with Crippen LogP contribution in [-0.4, -0.2) is 36.1 Å². The third-order valence-corrected chi connectivity index (χ3v) is 4.49. The number of hydrogen-bond donors (Lipinski definition) is 1. The van der Waals surface area contributed by atoms with Crippen LogP contribution < -0.4 is 5.32 Å². The van der Waals surface area contributed by atoms with Crippen LogP contribution in [0.1, 0.15) is 58.8 Å². The average Bonchev–Trinajstić information content (AvgIpc) is 2.60. The minimum Gasteiger partial charge on any atom is -0.313 e. The van der Waals surface area contributed by atoms with Crippen molar-refractivity contribution in [3.8, 4) is 0 Å². The number of nitrogens with zero attached hydrogens (tertiary/aromatic N) is 1. The Morgan fingerprint density at radius 1 is 1.12 bits per heavy atom. The summed E-state index contributed by atoms with van der Waals surface area (Å²) in [5.74, 6) is 0. The van der Waals surface area contributed by atoms with E-state index in [-0.39, 0.29) is 0 Å². The SMILES string of the molecule is CC1(C)CCCN1CCNC1CCCCC1. The van der Waals surface area contributed by atoms with Gasteiger partial charge in [0.2, 0.25) is 0 Å². The molecule has 2 nitrogen and oxygen atoms in total. The first-order valence-electron chi connectivity index (χ1n) is 7.17. The minimum absolute atomic E-state index is 0.453. The largest absolute Gasteiger partial charge is 0.313 e. The molecule has 0 bridgehead atoms. The molecule has 0 aromatic rings. The first-order valence-corrected chi connectivity index (χ1v) is 7.17. The summed E-state index contributed by atoms with van der Waals surface area (Å²) < 4.78 is 0. The van der Waals surface area contributed by atoms with Crippen LogP contribution in [0.4, 0.5) is 0 Å². The summed E-state index contributed by atoms with van der Waals surface area (Å²) in [5, 5.41) is 3.74. The van der Waals surface area contributed by atoms with E-state index < -0.39 is 0 Å². The van der Waals surface area contributed by atoms with E-state index >= 15 is 0 Å². The molecule has 2 fully saturated rings. The van der Waals surface area contributed by atoms with Crippen molar-refractivity contribution >= 4 is 0 Å². The number of rotatable bonds is 4. The lowest BCUT2D eigenvalue weighted by atomic mass is 9.95. The lowest BCUT2D eigenvalue weighted by molar-refractivity contribution is 0.172. The van der Waals surface area contributed by atoms with E-state index in [1.807, 2.05) is 0 Å². The van der Waals surface area contributed by atoms with Crippen molar-refractivity contribution in [2.75, 3.05) is 19.6 Å². The molecule has 0 amide bonds. The highest BCUT2D eigenvalue weighted by molar-refractivity contribution is 4.88. The number of likely N-dealkylation sites (tertiary alicyclic amines) is 1. The Balaban J connectivity index is 1.63. The molecule has 1 saturated carbocycles. The Bertz CT molecular complexity index is 207. The maximum Gasteiger partial charge on any atom is 0.0154 e. The first-order chi connectivity index (χ1) is 7.68. The van der Waals surface area contributed by atoms with Gasteiger partial charge in [0, 0.05) is 24.7 Å². The lowest BCUT2D eigenvalue weighted by Gasteiger charge is -2.32. The highest BCUT2D eigenvalue weighted by Crippen LogP contribution is 2.27. The van der Waals surface area contributed by atoms with Gasteiger partial charge in [-0.05, 0) is 46.1 Å². The van der Waals surface area contributed by atoms with E-state index in [1.165, 1.54) is 64.6 Å². The summed E-state index contributed by atoms with van der Waals surface area (Å²) in [4.78, 5) is 2.66. The van der Waals surface area contributed by atoms with Gasteiger partial charge in [0.1, 0.15) is 0 Å². The fourth-order valence-corrected chi connectivity index (χ4v) is 3.29. The quantitative estimate of drug-likeness (QED) is 0.790. The van der Waals surface area contributed by atoms with Gasteiger partial charge in [-0.3, -0.25) is 4.90 Å². The fourth-order valence-electron chi connectivity index (χ4n) is 3.29. The van der Waals surface area contributed by atoms with Crippen LogP contribution in [0.5, 0.6) is 0 Å². The third-order valence-electron chi connectivity index (χ3n) is 4.49. The molecule has 1 saturated heterocycles. The molecule has 2 aliphatic rings. The summed E-state index contributed by atoms with van der Waals surface area (Å²) in [6.07, 6.45) is 9.90. The summed E-state index contributed by atoms with van der Waals surface area (Å²) in [6, 6.07) is 0.819. The van der Waals surface area contributed by atoms with Crippen LogP contribution >= 0.6 is 0 Å². The van der Waals surface area contributed by atoms with Gasteiger partial charge in [-0.15, -0.1) is 0 Å². The Labute approximate surface area is 101 Å². The summed E-state index contributed by atoms with van der Waals surface area (Å²) >= 11 is 0. The molecule has 1 aliphatic heterocycles. The van der Waals surface area contributed by atoms with Gasteiger partial charge in [-0.1, -0.05) is 19.3 Å². The van der Waals surface area contributed by atoms with Gasteiger partial charge >= 0.3 is 0 Å². The van der Waals surface area contributed by atoms with Crippen LogP contribution in [0.25, 0.3) is 0 Å². The zero-order chi connectivity index (χ0) is 11.4. The molecule has 0 spiro atoms. The third kappa shape index (κ3) is 3.21. The van der Waals surface area contributed by atoms with Crippen molar-refractivity contribution in [2.45, 2.75) is 70.4 Å². The molecule has 0 atom stereocenters. The van der Waals surface area contributed by atoms with E-state index in [1.54, 1.807) is 0 Å². The molecule has 2 rings (SSSR count). The molecule has 1 aliphatic carbocycles. The Morgan fingerprint density at radius 2 is 1.88 bits per heavy atom. The number of nitrogens with one attached hydrogen (secondary N) is 1. The van der Waals surface area contributed by atoms with E-state index in [4.69, 9.17) is 0 Å². The van der Waals surface area contributed by atoms with E-state index in [0.29, 0.717) is 5.54 Å². The molecular formula is C14H28N2. The smallest absolute Gasteiger partial charge is 0.0154 e. The van der Waals surface area contributed by atoms with Crippen molar-refractivity contribution in [3.05, 3.63) is 0 Å². The standard InChI is InChI=1S/C14H28N2/c1-14(2)9-6-11-16(14)12-10-15-13-7-4-3-5-8-13/h13,15H,3-12H2,1-2H3. The van der Waals surface area contributed by atoms with Crippen LogP contribution in [-0.2, 0) is 0 Å². The van der Waals surface area contributed by atoms with Crippen molar-refractivity contribution in [3.63, 3.8) is 0 Å². The van der Waals surface area contributed by atoms with Crippen LogP contribution in [0, 0.1) is 0 Å². The molecule has 0 radical (unpaired) electrons. The van der Waals surface area contributed by atoms with Crippen LogP contribution in [0.15, 0.2) is 0 Å². The van der Waals surface area contributed by atoms with Crippen molar-refractivity contribution in [2.24, 2.45) is 0 Å². The Morgan fingerprint density at radius 3 is 2.50 bits per heavy atom. The molecule has 0 aromatic heterocycles. The van der Waals surface area contributed by atoms with Gasteiger partial charge in [-0.25, -0.2) is 0 Å². The zero-order valence-corrected chi connectivity index (χ0v) is 11.1. The van der Waals surface area contributed by atoms with Crippen LogP contribution in [0.2, 0.25) is 0 Å². The topological polar surface area (TPSA) is 15.3 Å². The number of hydrogen-bond acceptors (Lipinski definition) is 2. The molecule has 0 unspecified atom stereocenters. The van der Waals surface area contributed by atoms with E-state index in [2.05, 4.69) is 24.1 Å². The van der Waals surface area contributed by atoms with Gasteiger partial charge < -0.3 is 5.32 Å². The lowest BCUT2D eigenvalue weighted by Crippen LogP contribution is -2.44. The van der Waals surface area contributed by atoms with E-state index in [0.717, 1.165) is 6.04 Å². The second-order valence-electron chi connectivity index (χ2n) is 6.19. The molecule has 1 heterocycles. The molecule has 0 aromatic carbocycles. The highest BCUT2D eigenvalue weighted by Gasteiger charge is 2.31. The molecule has 1 N–H and O–H groups in total. The average molecular weight is 224 g/mol. The summed E-state index contributed by atoms with van der Waals surface area (Å²) in [5.41, 5.74) is 0.453. The van der Waals surface area contributed by atoms with Gasteiger partial charge in [0.05, 0.1) is 0 Å². The van der Waals surface area contributed by atoms with Crippen molar-refractivity contribution in [1.82, 2.24) is 10.2 Å². The molecular weight excluding hydrogens is 196 g/mol. The second-order valence-corrected chi connectivity index (χ2v) is 6.19. The molecule has 16 heavy (non-hydrogen) atoms. The predicted octanol–water partition coefficient (Wildman–Crippen LogP) is 2.78. The fraction of sp³-hybridized carbons (Fsp3) is 1.00. The van der Waals surface area contributed by atoms with E-state index in [9.17, 15) is 0 Å². The highest BCUT2D eigenvalue weighted by atomic mass is 15.2. The Kier molecular flexibility index (Phi) is 4.26. The summed E-state index contributed by atoms with van der Waals surface area (Å²) in [6.45, 7) is 8.51. The monoisotopic (exact) mass is 224 g/mol.